The molecule has 0 unspecified atom stereocenters. The number of likely N-dealkylation sites (N-methyl/N-ethyl adjacent to an activating group) is 1. The summed E-state index contributed by atoms with van der Waals surface area (Å²) >= 11 is 0. The summed E-state index contributed by atoms with van der Waals surface area (Å²) in [6.07, 6.45) is 2.20. The Balaban J connectivity index is 1.98. The smallest absolute Gasteiger partial charge is 0.241 e. The van der Waals surface area contributed by atoms with Crippen molar-refractivity contribution >= 4 is 11.6 Å². The Morgan fingerprint density at radius 1 is 1.58 bits per heavy atom. The molecule has 2 rings (SSSR count). The number of ether oxygens (including phenoxy) is 1. The Kier molecular flexibility index (Phi) is 3.91. The zero-order chi connectivity index (χ0) is 13.8. The molecule has 5 heteroatoms. The van der Waals surface area contributed by atoms with Crippen LogP contribution in [0.25, 0.3) is 0 Å². The Morgan fingerprint density at radius 3 is 2.89 bits per heavy atom. The van der Waals surface area contributed by atoms with Crippen LogP contribution in [0.2, 0.25) is 0 Å². The van der Waals surface area contributed by atoms with Gasteiger partial charge in [0.2, 0.25) is 5.91 Å². The van der Waals surface area contributed by atoms with Crippen molar-refractivity contribution in [3.8, 4) is 11.8 Å². The number of benzene rings is 1. The molecule has 0 atom stereocenters. The van der Waals surface area contributed by atoms with Crippen LogP contribution >= 0.6 is 0 Å². The van der Waals surface area contributed by atoms with E-state index in [0.717, 1.165) is 18.5 Å². The minimum atomic E-state index is 0.0638. The maximum absolute atomic E-state index is 11.9. The van der Waals surface area contributed by atoms with Gasteiger partial charge in [0.15, 0.2) is 0 Å². The summed E-state index contributed by atoms with van der Waals surface area (Å²) in [6.45, 7) is 0.231. The summed E-state index contributed by atoms with van der Waals surface area (Å²) in [7, 11) is 3.37. The fourth-order valence-electron chi connectivity index (χ4n) is 1.87. The van der Waals surface area contributed by atoms with Gasteiger partial charge in [-0.3, -0.25) is 4.79 Å². The zero-order valence-electron chi connectivity index (χ0n) is 11.1. The molecule has 1 amide bonds. The third-order valence-corrected chi connectivity index (χ3v) is 3.25. The van der Waals surface area contributed by atoms with E-state index in [1.807, 2.05) is 7.05 Å². The summed E-state index contributed by atoms with van der Waals surface area (Å²) in [6, 6.07) is 7.56. The fourth-order valence-corrected chi connectivity index (χ4v) is 1.87. The summed E-state index contributed by atoms with van der Waals surface area (Å²) in [5.74, 6) is 0.634. The van der Waals surface area contributed by atoms with Crippen molar-refractivity contribution in [2.45, 2.75) is 18.9 Å². The quantitative estimate of drug-likeness (QED) is 0.872. The van der Waals surface area contributed by atoms with E-state index in [0.29, 0.717) is 17.4 Å². The first-order chi connectivity index (χ1) is 9.15. The molecule has 0 aliphatic heterocycles. The second kappa shape index (κ2) is 5.61. The third kappa shape index (κ3) is 3.16. The highest BCUT2D eigenvalue weighted by Crippen LogP contribution is 2.27. The largest absolute Gasteiger partial charge is 0.495 e. The number of methoxy groups -OCH3 is 1. The summed E-state index contributed by atoms with van der Waals surface area (Å²) in [5, 5.41) is 11.9. The lowest BCUT2D eigenvalue weighted by Gasteiger charge is -2.17. The van der Waals surface area contributed by atoms with Gasteiger partial charge < -0.3 is 15.0 Å². The number of nitrogens with one attached hydrogen (secondary N) is 1. The van der Waals surface area contributed by atoms with Crippen molar-refractivity contribution < 1.29 is 9.53 Å². The number of hydrogen-bond acceptors (Lipinski definition) is 4. The molecular weight excluding hydrogens is 242 g/mol. The monoisotopic (exact) mass is 259 g/mol. The van der Waals surface area contributed by atoms with Crippen LogP contribution in [-0.2, 0) is 4.79 Å². The molecule has 5 nitrogen and oxygen atoms in total. The third-order valence-electron chi connectivity index (χ3n) is 3.25. The first-order valence-corrected chi connectivity index (χ1v) is 6.23. The van der Waals surface area contributed by atoms with Crippen molar-refractivity contribution in [2.75, 3.05) is 26.0 Å². The second-order valence-electron chi connectivity index (χ2n) is 4.62. The maximum atomic E-state index is 11.9. The topological polar surface area (TPSA) is 65.4 Å². The zero-order valence-corrected chi connectivity index (χ0v) is 11.1. The van der Waals surface area contributed by atoms with E-state index >= 15 is 0 Å². The predicted molar refractivity (Wildman–Crippen MR) is 72.0 cm³/mol. The SMILES string of the molecule is COc1cc(C#N)ccc1NCC(=O)N(C)C1CC1. The normalized spacial score (nSPS) is 13.5. The van der Waals surface area contributed by atoms with Gasteiger partial charge >= 0.3 is 0 Å². The second-order valence-corrected chi connectivity index (χ2v) is 4.62. The molecule has 0 bridgehead atoms. The number of carbonyl (C=O) groups is 1. The molecule has 100 valence electrons. The molecule has 1 N–H and O–H groups in total. The molecule has 0 heterocycles. The van der Waals surface area contributed by atoms with Crippen LogP contribution in [0, 0.1) is 11.3 Å². The van der Waals surface area contributed by atoms with Crippen LogP contribution in [0.15, 0.2) is 18.2 Å². The number of amides is 1. The summed E-state index contributed by atoms with van der Waals surface area (Å²) < 4.78 is 5.20. The summed E-state index contributed by atoms with van der Waals surface area (Å²) in [5.41, 5.74) is 1.25. The molecule has 0 radical (unpaired) electrons. The van der Waals surface area contributed by atoms with E-state index in [-0.39, 0.29) is 12.5 Å². The Labute approximate surface area is 112 Å². The molecular formula is C14H17N3O2. The number of nitriles is 1. The highest BCUT2D eigenvalue weighted by atomic mass is 16.5. The highest BCUT2D eigenvalue weighted by Gasteiger charge is 2.29. The van der Waals surface area contributed by atoms with E-state index in [2.05, 4.69) is 11.4 Å². The number of anilines is 1. The number of rotatable bonds is 5. The highest BCUT2D eigenvalue weighted by molar-refractivity contribution is 5.81. The Bertz CT molecular complexity index is 518. The lowest BCUT2D eigenvalue weighted by Crippen LogP contribution is -2.33. The van der Waals surface area contributed by atoms with E-state index in [1.165, 1.54) is 0 Å². The lowest BCUT2D eigenvalue weighted by molar-refractivity contribution is -0.128. The Hall–Kier alpha value is -2.22. The molecule has 0 spiro atoms. The van der Waals surface area contributed by atoms with Gasteiger partial charge in [-0.05, 0) is 25.0 Å². The number of hydrogen-bond donors (Lipinski definition) is 1. The van der Waals surface area contributed by atoms with E-state index < -0.39 is 0 Å². The van der Waals surface area contributed by atoms with E-state index in [9.17, 15) is 4.79 Å². The maximum Gasteiger partial charge on any atom is 0.241 e. The van der Waals surface area contributed by atoms with Gasteiger partial charge in [0.1, 0.15) is 5.75 Å². The van der Waals surface area contributed by atoms with Crippen molar-refractivity contribution in [3.63, 3.8) is 0 Å². The number of nitrogens with zero attached hydrogens (tertiary/aromatic N) is 2. The van der Waals surface area contributed by atoms with E-state index in [1.54, 1.807) is 30.2 Å². The van der Waals surface area contributed by atoms with Gasteiger partial charge in [-0.1, -0.05) is 0 Å². The fraction of sp³-hybridized carbons (Fsp3) is 0.429. The van der Waals surface area contributed by atoms with Gasteiger partial charge in [0.05, 0.1) is 31.0 Å². The van der Waals surface area contributed by atoms with Gasteiger partial charge in [-0.25, -0.2) is 0 Å². The first kappa shape index (κ1) is 13.2. The van der Waals surface area contributed by atoms with Crippen LogP contribution < -0.4 is 10.1 Å². The van der Waals surface area contributed by atoms with Crippen molar-refractivity contribution in [1.82, 2.24) is 4.90 Å². The van der Waals surface area contributed by atoms with Crippen molar-refractivity contribution in [3.05, 3.63) is 23.8 Å². The minimum Gasteiger partial charge on any atom is -0.495 e. The molecule has 1 saturated carbocycles. The van der Waals surface area contributed by atoms with Crippen molar-refractivity contribution in [2.24, 2.45) is 0 Å². The molecule has 0 aromatic heterocycles. The van der Waals surface area contributed by atoms with Crippen LogP contribution in [0.5, 0.6) is 5.75 Å². The molecule has 0 saturated heterocycles. The summed E-state index contributed by atoms with van der Waals surface area (Å²) in [4.78, 5) is 13.7. The number of carbonyl (C=O) groups excluding carboxylic acids is 1. The van der Waals surface area contributed by atoms with Crippen LogP contribution in [0.1, 0.15) is 18.4 Å². The van der Waals surface area contributed by atoms with Gasteiger partial charge in [-0.2, -0.15) is 5.26 Å². The van der Waals surface area contributed by atoms with Crippen LogP contribution in [0.3, 0.4) is 0 Å². The standard InChI is InChI=1S/C14H17N3O2/c1-17(11-4-5-11)14(18)9-16-12-6-3-10(8-15)7-13(12)19-2/h3,6-7,11,16H,4-5,9H2,1-2H3. The molecule has 1 aliphatic carbocycles. The van der Waals surface area contributed by atoms with Gasteiger partial charge in [-0.15, -0.1) is 0 Å². The van der Waals surface area contributed by atoms with Crippen LogP contribution in [0.4, 0.5) is 5.69 Å². The first-order valence-electron chi connectivity index (χ1n) is 6.23. The predicted octanol–water partition coefficient (Wildman–Crippen LogP) is 1.60. The van der Waals surface area contributed by atoms with Crippen molar-refractivity contribution in [1.29, 1.82) is 5.26 Å². The molecule has 19 heavy (non-hydrogen) atoms. The van der Waals surface area contributed by atoms with Gasteiger partial charge in [0.25, 0.3) is 0 Å². The minimum absolute atomic E-state index is 0.0638. The average Bonchev–Trinajstić information content (AvgIpc) is 3.28. The van der Waals surface area contributed by atoms with E-state index in [4.69, 9.17) is 10.00 Å². The van der Waals surface area contributed by atoms with Gasteiger partial charge in [0, 0.05) is 19.2 Å². The molecule has 1 aliphatic rings. The lowest BCUT2D eigenvalue weighted by atomic mass is 10.2. The van der Waals surface area contributed by atoms with Crippen LogP contribution in [-0.4, -0.2) is 37.6 Å². The molecule has 1 fully saturated rings. The molecule has 1 aromatic rings. The average molecular weight is 259 g/mol. The Morgan fingerprint density at radius 2 is 2.32 bits per heavy atom. The molecule has 1 aromatic carbocycles.